The zero-order chi connectivity index (χ0) is 24.9. The molecule has 2 atom stereocenters. The Morgan fingerprint density at radius 1 is 1.06 bits per heavy atom. The van der Waals surface area contributed by atoms with Crippen LogP contribution in [0.15, 0.2) is 61.1 Å². The van der Waals surface area contributed by atoms with Crippen LogP contribution in [0.1, 0.15) is 41.4 Å². The number of amides is 2. The van der Waals surface area contributed by atoms with E-state index in [0.29, 0.717) is 13.1 Å². The number of nitrogens with one attached hydrogen (secondary N) is 2. The standard InChI is InChI=1S/C26H28N4O5/c1-16(25(32)33)17(2)29-24(31)23-13-30(15-28-23)12-11-27-26(34)35-14-22-20-9-5-3-7-18(20)19-8-4-6-10-21(19)22/h3-10,13,15-17,22H,11-12,14H2,1-2H3,(H,27,34)(H,29,31)(H,32,33). The van der Waals surface area contributed by atoms with Gasteiger partial charge in [0.15, 0.2) is 0 Å². The average molecular weight is 477 g/mol. The lowest BCUT2D eigenvalue weighted by Crippen LogP contribution is -2.40. The van der Waals surface area contributed by atoms with Gasteiger partial charge >= 0.3 is 12.1 Å². The summed E-state index contributed by atoms with van der Waals surface area (Å²) < 4.78 is 7.19. The number of carboxylic acids is 1. The van der Waals surface area contributed by atoms with Gasteiger partial charge in [0.05, 0.1) is 12.2 Å². The van der Waals surface area contributed by atoms with E-state index in [2.05, 4.69) is 39.9 Å². The topological polar surface area (TPSA) is 123 Å². The van der Waals surface area contributed by atoms with Gasteiger partial charge in [-0.2, -0.15) is 0 Å². The second-order valence-corrected chi connectivity index (χ2v) is 8.64. The molecule has 0 saturated carbocycles. The normalized spacial score (nSPS) is 13.9. The fourth-order valence-electron chi connectivity index (χ4n) is 4.16. The Morgan fingerprint density at radius 3 is 2.31 bits per heavy atom. The van der Waals surface area contributed by atoms with Crippen molar-refractivity contribution in [3.63, 3.8) is 0 Å². The third-order valence-corrected chi connectivity index (χ3v) is 6.35. The summed E-state index contributed by atoms with van der Waals surface area (Å²) in [5, 5.41) is 14.4. The number of benzene rings is 2. The van der Waals surface area contributed by atoms with Crippen LogP contribution in [-0.4, -0.2) is 51.8 Å². The highest BCUT2D eigenvalue weighted by atomic mass is 16.5. The maximum atomic E-state index is 12.3. The highest BCUT2D eigenvalue weighted by molar-refractivity contribution is 5.92. The van der Waals surface area contributed by atoms with E-state index < -0.39 is 29.9 Å². The summed E-state index contributed by atoms with van der Waals surface area (Å²) >= 11 is 0. The quantitative estimate of drug-likeness (QED) is 0.436. The number of imidazole rings is 1. The van der Waals surface area contributed by atoms with E-state index in [0.717, 1.165) is 11.1 Å². The average Bonchev–Trinajstić information content (AvgIpc) is 3.45. The van der Waals surface area contributed by atoms with Crippen molar-refractivity contribution in [1.82, 2.24) is 20.2 Å². The molecule has 1 aliphatic carbocycles. The monoisotopic (exact) mass is 476 g/mol. The summed E-state index contributed by atoms with van der Waals surface area (Å²) in [5.74, 6) is -2.16. The molecule has 0 fully saturated rings. The number of nitrogens with zero attached hydrogens (tertiary/aromatic N) is 2. The molecule has 1 aromatic heterocycles. The molecule has 35 heavy (non-hydrogen) atoms. The number of rotatable bonds is 9. The van der Waals surface area contributed by atoms with Crippen molar-refractivity contribution in [2.45, 2.75) is 32.4 Å². The Labute approximate surface area is 203 Å². The van der Waals surface area contributed by atoms with Crippen LogP contribution in [0.5, 0.6) is 0 Å². The van der Waals surface area contributed by atoms with Gasteiger partial charge in [-0.25, -0.2) is 9.78 Å². The minimum Gasteiger partial charge on any atom is -0.481 e. The number of aliphatic carboxylic acids is 1. The summed E-state index contributed by atoms with van der Waals surface area (Å²) in [5.41, 5.74) is 4.82. The molecule has 3 aromatic rings. The second kappa shape index (κ2) is 10.4. The number of hydrogen-bond acceptors (Lipinski definition) is 5. The SMILES string of the molecule is CC(NC(=O)c1cn(CCNC(=O)OCC2c3ccccc3-c3ccccc32)cn1)C(C)C(=O)O. The van der Waals surface area contributed by atoms with Gasteiger partial charge in [-0.05, 0) is 36.1 Å². The van der Waals surface area contributed by atoms with Gasteiger partial charge in [0, 0.05) is 31.2 Å². The third-order valence-electron chi connectivity index (χ3n) is 6.35. The van der Waals surface area contributed by atoms with Crippen molar-refractivity contribution in [2.24, 2.45) is 5.92 Å². The van der Waals surface area contributed by atoms with Crippen LogP contribution >= 0.6 is 0 Å². The Bertz CT molecular complexity index is 1190. The van der Waals surface area contributed by atoms with E-state index in [4.69, 9.17) is 9.84 Å². The van der Waals surface area contributed by atoms with Crippen LogP contribution < -0.4 is 10.6 Å². The minimum atomic E-state index is -0.984. The van der Waals surface area contributed by atoms with Crippen LogP contribution in [0.25, 0.3) is 11.1 Å². The summed E-state index contributed by atoms with van der Waals surface area (Å²) in [6, 6.07) is 15.8. The van der Waals surface area contributed by atoms with Gasteiger partial charge in [0.2, 0.25) is 0 Å². The highest BCUT2D eigenvalue weighted by Crippen LogP contribution is 2.44. The molecule has 0 radical (unpaired) electrons. The van der Waals surface area contributed by atoms with Crippen LogP contribution in [-0.2, 0) is 16.1 Å². The van der Waals surface area contributed by atoms with E-state index in [9.17, 15) is 14.4 Å². The fraction of sp³-hybridized carbons (Fsp3) is 0.308. The van der Waals surface area contributed by atoms with Gasteiger partial charge in [0.1, 0.15) is 12.3 Å². The molecule has 0 bridgehead atoms. The number of alkyl carbamates (subject to hydrolysis) is 1. The first-order valence-corrected chi connectivity index (χ1v) is 11.5. The van der Waals surface area contributed by atoms with Gasteiger partial charge < -0.3 is 25.0 Å². The molecule has 182 valence electrons. The number of hydrogen-bond donors (Lipinski definition) is 3. The third kappa shape index (κ3) is 5.34. The first-order chi connectivity index (χ1) is 16.8. The fourth-order valence-corrected chi connectivity index (χ4v) is 4.16. The molecule has 4 rings (SSSR count). The molecule has 9 heteroatoms. The lowest BCUT2D eigenvalue weighted by atomic mass is 9.98. The van der Waals surface area contributed by atoms with Gasteiger partial charge in [-0.15, -0.1) is 0 Å². The molecule has 0 spiro atoms. The summed E-state index contributed by atoms with van der Waals surface area (Å²) in [7, 11) is 0. The zero-order valence-electron chi connectivity index (χ0n) is 19.6. The highest BCUT2D eigenvalue weighted by Gasteiger charge is 2.29. The van der Waals surface area contributed by atoms with Gasteiger partial charge in [0.25, 0.3) is 5.91 Å². The largest absolute Gasteiger partial charge is 0.481 e. The van der Waals surface area contributed by atoms with Gasteiger partial charge in [-0.1, -0.05) is 48.5 Å². The summed E-state index contributed by atoms with van der Waals surface area (Å²) in [6.45, 7) is 4.08. The first-order valence-electron chi connectivity index (χ1n) is 11.5. The molecule has 2 aromatic carbocycles. The lowest BCUT2D eigenvalue weighted by Gasteiger charge is -2.16. The predicted octanol–water partition coefficient (Wildman–Crippen LogP) is 3.26. The molecule has 2 unspecified atom stereocenters. The molecule has 0 aliphatic heterocycles. The molecule has 2 amide bonds. The number of aromatic nitrogens is 2. The van der Waals surface area contributed by atoms with Crippen molar-refractivity contribution in [3.8, 4) is 11.1 Å². The predicted molar refractivity (Wildman–Crippen MR) is 129 cm³/mol. The van der Waals surface area contributed by atoms with Crippen molar-refractivity contribution in [3.05, 3.63) is 77.9 Å². The maximum absolute atomic E-state index is 12.3. The Kier molecular flexibility index (Phi) is 7.14. The van der Waals surface area contributed by atoms with Crippen LogP contribution in [0.2, 0.25) is 0 Å². The number of carbonyl (C=O) groups excluding carboxylic acids is 2. The zero-order valence-corrected chi connectivity index (χ0v) is 19.6. The lowest BCUT2D eigenvalue weighted by molar-refractivity contribution is -0.141. The molecular weight excluding hydrogens is 448 g/mol. The molecular formula is C26H28N4O5. The molecule has 1 aliphatic rings. The van der Waals surface area contributed by atoms with Crippen molar-refractivity contribution < 1.29 is 24.2 Å². The minimum absolute atomic E-state index is 0.00546. The van der Waals surface area contributed by atoms with E-state index in [1.165, 1.54) is 24.4 Å². The number of fused-ring (bicyclic) bond motifs is 3. The van der Waals surface area contributed by atoms with Crippen molar-refractivity contribution >= 4 is 18.0 Å². The molecule has 3 N–H and O–H groups in total. The molecule has 9 nitrogen and oxygen atoms in total. The van der Waals surface area contributed by atoms with Crippen LogP contribution in [0, 0.1) is 5.92 Å². The van der Waals surface area contributed by atoms with Crippen LogP contribution in [0.3, 0.4) is 0 Å². The number of carbonyl (C=O) groups is 3. The first kappa shape index (κ1) is 24.0. The second-order valence-electron chi connectivity index (χ2n) is 8.64. The van der Waals surface area contributed by atoms with E-state index >= 15 is 0 Å². The Hall–Kier alpha value is -4.14. The molecule has 1 heterocycles. The maximum Gasteiger partial charge on any atom is 0.407 e. The molecule has 0 saturated heterocycles. The van der Waals surface area contributed by atoms with E-state index in [1.807, 2.05) is 24.3 Å². The number of carboxylic acid groups (broad SMARTS) is 1. The number of ether oxygens (including phenoxy) is 1. The van der Waals surface area contributed by atoms with Crippen LogP contribution in [0.4, 0.5) is 4.79 Å². The smallest absolute Gasteiger partial charge is 0.407 e. The Balaban J connectivity index is 1.25. The van der Waals surface area contributed by atoms with E-state index in [1.54, 1.807) is 17.7 Å². The Morgan fingerprint density at radius 2 is 1.69 bits per heavy atom. The van der Waals surface area contributed by atoms with Gasteiger partial charge in [-0.3, -0.25) is 9.59 Å². The summed E-state index contributed by atoms with van der Waals surface area (Å²) in [6.07, 6.45) is 2.52. The van der Waals surface area contributed by atoms with Crippen molar-refractivity contribution in [1.29, 1.82) is 0 Å². The van der Waals surface area contributed by atoms with E-state index in [-0.39, 0.29) is 18.2 Å². The van der Waals surface area contributed by atoms with Crippen molar-refractivity contribution in [2.75, 3.05) is 13.2 Å². The summed E-state index contributed by atoms with van der Waals surface area (Å²) in [4.78, 5) is 39.7.